The molecule has 0 heterocycles. The summed E-state index contributed by atoms with van der Waals surface area (Å²) in [5.74, 6) is -2.57. The molecule has 13 heteroatoms. The summed E-state index contributed by atoms with van der Waals surface area (Å²) in [5, 5.41) is 7.49. The van der Waals surface area contributed by atoms with Crippen LogP contribution in [0.3, 0.4) is 0 Å². The van der Waals surface area contributed by atoms with Crippen LogP contribution in [0.4, 0.5) is 0 Å². The van der Waals surface area contributed by atoms with E-state index in [1.54, 1.807) is 24.3 Å². The van der Waals surface area contributed by atoms with Gasteiger partial charge in [0.05, 0.1) is 12.6 Å². The molecule has 1 rings (SSSR count). The number of nitrogens with two attached hydrogens (primary N) is 4. The summed E-state index contributed by atoms with van der Waals surface area (Å²) < 4.78 is 0. The van der Waals surface area contributed by atoms with Gasteiger partial charge in [0, 0.05) is 18.7 Å². The Hall–Kier alpha value is -3.32. The molecule has 12 nitrogen and oxygen atoms in total. The third-order valence-corrected chi connectivity index (χ3v) is 4.84. The van der Waals surface area contributed by atoms with Crippen LogP contribution in [0.15, 0.2) is 35.3 Å². The van der Waals surface area contributed by atoms with Gasteiger partial charge < -0.3 is 38.9 Å². The second-order valence-corrected chi connectivity index (χ2v) is 7.60. The van der Waals surface area contributed by atoms with Crippen molar-refractivity contribution >= 4 is 42.2 Å². The predicted molar refractivity (Wildman–Crippen MR) is 128 cm³/mol. The van der Waals surface area contributed by atoms with Crippen molar-refractivity contribution in [1.29, 1.82) is 0 Å². The van der Waals surface area contributed by atoms with Crippen LogP contribution in [-0.4, -0.2) is 66.6 Å². The normalized spacial score (nSPS) is 13.2. The lowest BCUT2D eigenvalue weighted by molar-refractivity contribution is -0.132. The maximum atomic E-state index is 12.9. The van der Waals surface area contributed by atoms with Crippen molar-refractivity contribution in [3.8, 4) is 0 Å². The van der Waals surface area contributed by atoms with E-state index in [1.807, 2.05) is 6.07 Å². The van der Waals surface area contributed by atoms with Crippen molar-refractivity contribution in [2.24, 2.45) is 27.9 Å². The summed E-state index contributed by atoms with van der Waals surface area (Å²) in [6, 6.07) is 6.10. The zero-order chi connectivity index (χ0) is 24.8. The number of nitrogens with one attached hydrogen (secondary N) is 3. The highest BCUT2D eigenvalue weighted by molar-refractivity contribution is 7.80. The Kier molecular flexibility index (Phi) is 12.3. The number of carbonyl (C=O) groups excluding carboxylic acids is 4. The Labute approximate surface area is 197 Å². The highest BCUT2D eigenvalue weighted by Gasteiger charge is 2.27. The fourth-order valence-electron chi connectivity index (χ4n) is 2.75. The number of carbonyl (C=O) groups is 4. The van der Waals surface area contributed by atoms with Crippen LogP contribution >= 0.6 is 12.6 Å². The number of aliphatic imine (C=N–C) groups is 1. The molecule has 0 saturated heterocycles. The fraction of sp³-hybridized carbons (Fsp3) is 0.450. The predicted octanol–water partition coefficient (Wildman–Crippen LogP) is -2.89. The van der Waals surface area contributed by atoms with Crippen LogP contribution in [0.5, 0.6) is 0 Å². The number of guanidine groups is 1. The molecular weight excluding hydrogens is 448 g/mol. The van der Waals surface area contributed by atoms with Crippen LogP contribution in [0.1, 0.15) is 18.4 Å². The fourth-order valence-corrected chi connectivity index (χ4v) is 3.01. The van der Waals surface area contributed by atoms with Gasteiger partial charge in [0.2, 0.25) is 23.6 Å². The molecule has 0 aliphatic rings. The van der Waals surface area contributed by atoms with Gasteiger partial charge in [0.25, 0.3) is 0 Å². The zero-order valence-electron chi connectivity index (χ0n) is 18.2. The van der Waals surface area contributed by atoms with Gasteiger partial charge in [-0.05, 0) is 18.4 Å². The van der Waals surface area contributed by atoms with E-state index in [0.29, 0.717) is 19.4 Å². The van der Waals surface area contributed by atoms with E-state index >= 15 is 0 Å². The number of hydrogen-bond donors (Lipinski definition) is 8. The van der Waals surface area contributed by atoms with Crippen LogP contribution in [0.2, 0.25) is 0 Å². The minimum atomic E-state index is -1.04. The summed E-state index contributed by atoms with van der Waals surface area (Å²) in [5.41, 5.74) is 22.3. The monoisotopic (exact) mass is 480 g/mol. The summed E-state index contributed by atoms with van der Waals surface area (Å²) in [4.78, 5) is 52.4. The number of hydrogen-bond acceptors (Lipinski definition) is 7. The lowest BCUT2D eigenvalue weighted by atomic mass is 10.0. The van der Waals surface area contributed by atoms with Crippen molar-refractivity contribution in [2.75, 3.05) is 18.8 Å². The molecule has 0 fully saturated rings. The topological polar surface area (TPSA) is 221 Å². The molecule has 1 aromatic carbocycles. The van der Waals surface area contributed by atoms with Gasteiger partial charge in [-0.1, -0.05) is 30.3 Å². The van der Waals surface area contributed by atoms with E-state index in [0.717, 1.165) is 5.56 Å². The SMILES string of the molecule is NC(=O)CNC(=O)[C@H](CS)NC(=O)[C@H](Cc1ccccc1)NC(=O)[C@@H](N)CCCN=C(N)N. The molecule has 0 aromatic heterocycles. The Bertz CT molecular complexity index is 833. The van der Waals surface area contributed by atoms with Crippen LogP contribution in [0, 0.1) is 0 Å². The first kappa shape index (κ1) is 27.7. The largest absolute Gasteiger partial charge is 0.370 e. The lowest BCUT2D eigenvalue weighted by Gasteiger charge is -2.23. The number of amides is 4. The number of nitrogens with zero attached hydrogens (tertiary/aromatic N) is 1. The van der Waals surface area contributed by atoms with Crippen LogP contribution in [-0.2, 0) is 25.6 Å². The molecule has 3 atom stereocenters. The highest BCUT2D eigenvalue weighted by Crippen LogP contribution is 2.06. The molecule has 0 aliphatic heterocycles. The third-order valence-electron chi connectivity index (χ3n) is 4.47. The standard InChI is InChI=1S/C20H32N8O4S/c21-13(7-4-8-25-20(23)24)17(30)27-14(9-12-5-2-1-3-6-12)19(32)28-15(11-33)18(31)26-10-16(22)29/h1-3,5-6,13-15,33H,4,7-11,21H2,(H2,22,29)(H,26,31)(H,27,30)(H,28,32)(H4,23,24,25)/t13-,14-,15-/m0/s1. The molecule has 0 unspecified atom stereocenters. The number of thiol groups is 1. The molecule has 0 radical (unpaired) electrons. The number of rotatable bonds is 14. The average Bonchev–Trinajstić information content (AvgIpc) is 2.78. The van der Waals surface area contributed by atoms with Crippen molar-refractivity contribution < 1.29 is 19.2 Å². The summed E-state index contributed by atoms with van der Waals surface area (Å²) >= 11 is 4.08. The zero-order valence-corrected chi connectivity index (χ0v) is 19.1. The molecule has 0 bridgehead atoms. The molecule has 11 N–H and O–H groups in total. The van der Waals surface area contributed by atoms with Crippen LogP contribution in [0.25, 0.3) is 0 Å². The van der Waals surface area contributed by atoms with Crippen molar-refractivity contribution in [1.82, 2.24) is 16.0 Å². The molecule has 182 valence electrons. The van der Waals surface area contributed by atoms with Gasteiger partial charge in [-0.3, -0.25) is 24.2 Å². The van der Waals surface area contributed by atoms with E-state index in [-0.39, 0.29) is 24.7 Å². The molecule has 33 heavy (non-hydrogen) atoms. The first-order valence-corrected chi connectivity index (χ1v) is 10.9. The molecule has 0 spiro atoms. The molecule has 0 saturated carbocycles. The van der Waals surface area contributed by atoms with Gasteiger partial charge in [0.15, 0.2) is 5.96 Å². The summed E-state index contributed by atoms with van der Waals surface area (Å²) in [7, 11) is 0. The quantitative estimate of drug-likeness (QED) is 0.0600. The number of primary amides is 1. The van der Waals surface area contributed by atoms with Crippen molar-refractivity contribution in [3.05, 3.63) is 35.9 Å². The van der Waals surface area contributed by atoms with E-state index in [4.69, 9.17) is 22.9 Å². The molecule has 1 aromatic rings. The Balaban J connectivity index is 2.84. The molecular formula is C20H32N8O4S. The van der Waals surface area contributed by atoms with Gasteiger partial charge >= 0.3 is 0 Å². The Morgan fingerprint density at radius 1 is 0.939 bits per heavy atom. The van der Waals surface area contributed by atoms with E-state index in [1.165, 1.54) is 0 Å². The van der Waals surface area contributed by atoms with E-state index < -0.39 is 41.8 Å². The Morgan fingerprint density at radius 3 is 2.15 bits per heavy atom. The third kappa shape index (κ3) is 11.2. The van der Waals surface area contributed by atoms with E-state index in [2.05, 4.69) is 33.6 Å². The number of benzene rings is 1. The van der Waals surface area contributed by atoms with E-state index in [9.17, 15) is 19.2 Å². The minimum absolute atomic E-state index is 0.0351. The smallest absolute Gasteiger partial charge is 0.243 e. The second kappa shape index (κ2) is 14.7. The van der Waals surface area contributed by atoms with Crippen LogP contribution < -0.4 is 38.9 Å². The molecule has 4 amide bonds. The summed E-state index contributed by atoms with van der Waals surface area (Å²) in [6.07, 6.45) is 0.947. The van der Waals surface area contributed by atoms with Gasteiger partial charge in [-0.25, -0.2) is 0 Å². The van der Waals surface area contributed by atoms with Gasteiger partial charge in [0.1, 0.15) is 12.1 Å². The highest BCUT2D eigenvalue weighted by atomic mass is 32.1. The molecule has 0 aliphatic carbocycles. The maximum Gasteiger partial charge on any atom is 0.243 e. The first-order valence-electron chi connectivity index (χ1n) is 10.3. The first-order chi connectivity index (χ1) is 15.6. The van der Waals surface area contributed by atoms with Crippen molar-refractivity contribution in [3.63, 3.8) is 0 Å². The Morgan fingerprint density at radius 2 is 1.58 bits per heavy atom. The maximum absolute atomic E-state index is 12.9. The average molecular weight is 481 g/mol. The van der Waals surface area contributed by atoms with Gasteiger partial charge in [-0.15, -0.1) is 0 Å². The minimum Gasteiger partial charge on any atom is -0.370 e. The lowest BCUT2D eigenvalue weighted by Crippen LogP contribution is -2.57. The second-order valence-electron chi connectivity index (χ2n) is 7.23. The summed E-state index contributed by atoms with van der Waals surface area (Å²) in [6.45, 7) is -0.0564. The van der Waals surface area contributed by atoms with Crippen molar-refractivity contribution in [2.45, 2.75) is 37.4 Å². The van der Waals surface area contributed by atoms with Gasteiger partial charge in [-0.2, -0.15) is 12.6 Å².